The minimum absolute atomic E-state index is 0.0782. The van der Waals surface area contributed by atoms with Crippen LogP contribution in [0.4, 0.5) is 0 Å². The number of rotatable bonds is 43. The number of unbranched alkanes of at least 4 members (excludes halogenated alkanes) is 27. The van der Waals surface area contributed by atoms with Gasteiger partial charge in [-0.2, -0.15) is 0 Å². The van der Waals surface area contributed by atoms with Gasteiger partial charge >= 0.3 is 13.8 Å². The molecule has 1 saturated carbocycles. The average Bonchev–Trinajstić information content (AvgIpc) is 3.26. The van der Waals surface area contributed by atoms with E-state index in [0.717, 1.165) is 70.6 Å². The molecular weight excluding hydrogens is 812 g/mol. The molecule has 1 rings (SSSR count). The van der Waals surface area contributed by atoms with Crippen molar-refractivity contribution in [1.82, 2.24) is 0 Å². The van der Waals surface area contributed by atoms with E-state index in [4.69, 9.17) is 18.5 Å². The second-order valence-electron chi connectivity index (χ2n) is 17.7. The minimum Gasteiger partial charge on any atom is -0.457 e. The summed E-state index contributed by atoms with van der Waals surface area (Å²) >= 11 is 0. The van der Waals surface area contributed by atoms with Crippen LogP contribution in [0.3, 0.4) is 0 Å². The van der Waals surface area contributed by atoms with Crippen molar-refractivity contribution >= 4 is 13.8 Å². The third-order valence-electron chi connectivity index (χ3n) is 11.8. The fourth-order valence-corrected chi connectivity index (χ4v) is 8.78. The number of ether oxygens (including phenoxy) is 2. The molecule has 0 spiro atoms. The van der Waals surface area contributed by atoms with Crippen LogP contribution >= 0.6 is 7.82 Å². The maximum Gasteiger partial charge on any atom is 0.472 e. The van der Waals surface area contributed by atoms with Crippen LogP contribution in [0.2, 0.25) is 0 Å². The quantitative estimate of drug-likeness (QED) is 0.0147. The number of phosphoric ester groups is 1. The first-order valence-corrected chi connectivity index (χ1v) is 26.7. The third-order valence-corrected chi connectivity index (χ3v) is 12.8. The van der Waals surface area contributed by atoms with Gasteiger partial charge in [-0.1, -0.05) is 199 Å². The second kappa shape index (κ2) is 40.1. The van der Waals surface area contributed by atoms with Crippen molar-refractivity contribution in [2.45, 2.75) is 262 Å². The lowest BCUT2D eigenvalue weighted by Gasteiger charge is -2.41. The van der Waals surface area contributed by atoms with Crippen molar-refractivity contribution in [2.75, 3.05) is 19.8 Å². The van der Waals surface area contributed by atoms with E-state index in [1.54, 1.807) is 0 Å². The molecular formula is C49H93O12P. The van der Waals surface area contributed by atoms with Gasteiger partial charge in [0.2, 0.25) is 0 Å². The van der Waals surface area contributed by atoms with E-state index >= 15 is 0 Å². The molecule has 1 fully saturated rings. The molecule has 12 nitrogen and oxygen atoms in total. The van der Waals surface area contributed by atoms with E-state index in [1.165, 1.54) is 122 Å². The van der Waals surface area contributed by atoms with E-state index in [-0.39, 0.29) is 13.0 Å². The zero-order valence-electron chi connectivity index (χ0n) is 39.2. The Bertz CT molecular complexity index is 1120. The molecule has 0 aromatic rings. The number of aliphatic hydroxyl groups excluding tert-OH is 5. The highest BCUT2D eigenvalue weighted by Gasteiger charge is 2.51. The molecule has 0 radical (unpaired) electrons. The monoisotopic (exact) mass is 905 g/mol. The maximum absolute atomic E-state index is 12.8. The summed E-state index contributed by atoms with van der Waals surface area (Å²) in [5.74, 6) is -0.488. The Hall–Kier alpha value is -1.18. The third kappa shape index (κ3) is 31.7. The Morgan fingerprint density at radius 3 is 1.42 bits per heavy atom. The maximum atomic E-state index is 12.8. The summed E-state index contributed by atoms with van der Waals surface area (Å²) in [6.45, 7) is 4.21. The predicted molar refractivity (Wildman–Crippen MR) is 249 cm³/mol. The fourth-order valence-electron chi connectivity index (χ4n) is 7.81. The van der Waals surface area contributed by atoms with E-state index in [2.05, 4.69) is 38.2 Å². The molecule has 0 aromatic heterocycles. The summed E-state index contributed by atoms with van der Waals surface area (Å²) in [6, 6.07) is 0. The van der Waals surface area contributed by atoms with Crippen LogP contribution < -0.4 is 0 Å². The number of aliphatic hydroxyl groups is 5. The smallest absolute Gasteiger partial charge is 0.457 e. The summed E-state index contributed by atoms with van der Waals surface area (Å²) in [7, 11) is -5.02. The van der Waals surface area contributed by atoms with Crippen molar-refractivity contribution in [2.24, 2.45) is 0 Å². The van der Waals surface area contributed by atoms with Crippen LogP contribution in [0.25, 0.3) is 0 Å². The summed E-state index contributed by atoms with van der Waals surface area (Å²) in [4.78, 5) is 23.2. The molecule has 62 heavy (non-hydrogen) atoms. The number of carbonyl (C=O) groups is 1. The topological polar surface area (TPSA) is 192 Å². The first-order chi connectivity index (χ1) is 30.0. The van der Waals surface area contributed by atoms with Gasteiger partial charge in [0.15, 0.2) is 0 Å². The van der Waals surface area contributed by atoms with Gasteiger partial charge in [0.25, 0.3) is 0 Å². The number of phosphoric acid groups is 1. The molecule has 366 valence electrons. The van der Waals surface area contributed by atoms with Crippen LogP contribution in [0, 0.1) is 0 Å². The van der Waals surface area contributed by atoms with Gasteiger partial charge in [0.05, 0.1) is 13.2 Å². The lowest BCUT2D eigenvalue weighted by atomic mass is 9.85. The van der Waals surface area contributed by atoms with E-state index in [1.807, 2.05) is 0 Å². The Labute approximate surface area is 377 Å². The first kappa shape index (κ1) is 58.8. The molecule has 6 N–H and O–H groups in total. The summed E-state index contributed by atoms with van der Waals surface area (Å²) < 4.78 is 34.2. The molecule has 0 saturated heterocycles. The Balaban J connectivity index is 2.30. The number of hydrogen-bond acceptors (Lipinski definition) is 11. The van der Waals surface area contributed by atoms with Crippen LogP contribution in [-0.2, 0) is 27.9 Å². The van der Waals surface area contributed by atoms with Gasteiger partial charge < -0.3 is 39.9 Å². The van der Waals surface area contributed by atoms with Gasteiger partial charge in [-0.3, -0.25) is 13.8 Å². The van der Waals surface area contributed by atoms with E-state index in [0.29, 0.717) is 13.0 Å². The molecule has 0 aromatic carbocycles. The molecule has 0 heterocycles. The normalized spacial score (nSPS) is 22.1. The molecule has 1 aliphatic rings. The number of carbonyl (C=O) groups excluding carboxylic acids is 1. The van der Waals surface area contributed by atoms with Crippen molar-refractivity contribution in [3.05, 3.63) is 24.3 Å². The van der Waals surface area contributed by atoms with Crippen LogP contribution in [0.1, 0.15) is 219 Å². The Morgan fingerprint density at radius 1 is 0.516 bits per heavy atom. The van der Waals surface area contributed by atoms with Gasteiger partial charge in [-0.05, 0) is 38.5 Å². The largest absolute Gasteiger partial charge is 0.472 e. The zero-order chi connectivity index (χ0) is 45.5. The Morgan fingerprint density at radius 2 is 0.935 bits per heavy atom. The van der Waals surface area contributed by atoms with E-state index < -0.39 is 63.1 Å². The van der Waals surface area contributed by atoms with Crippen LogP contribution in [0.15, 0.2) is 24.3 Å². The van der Waals surface area contributed by atoms with Crippen LogP contribution in [-0.4, -0.2) is 98.9 Å². The van der Waals surface area contributed by atoms with Crippen molar-refractivity contribution in [3.63, 3.8) is 0 Å². The molecule has 6 unspecified atom stereocenters. The lowest BCUT2D eigenvalue weighted by molar-refractivity contribution is -0.220. The SMILES string of the molecule is CCC/C=C\C/C=C\CCCCCCCC(=O)OC(COCCCCCCCCCCCCCCCCCCCCCCCC)COP(=O)(O)OC1C(O)C(O)C(O)C(O)C1O. The number of esters is 1. The number of allylic oxidation sites excluding steroid dienone is 4. The predicted octanol–water partition coefficient (Wildman–Crippen LogP) is 10.9. The van der Waals surface area contributed by atoms with Gasteiger partial charge in [-0.15, -0.1) is 0 Å². The van der Waals surface area contributed by atoms with Gasteiger partial charge in [-0.25, -0.2) is 4.57 Å². The van der Waals surface area contributed by atoms with Gasteiger partial charge in [0, 0.05) is 13.0 Å². The Kier molecular flexibility index (Phi) is 38.1. The summed E-state index contributed by atoms with van der Waals surface area (Å²) in [5.41, 5.74) is 0. The lowest BCUT2D eigenvalue weighted by Crippen LogP contribution is -2.64. The molecule has 0 amide bonds. The van der Waals surface area contributed by atoms with Crippen molar-refractivity contribution in [3.8, 4) is 0 Å². The fraction of sp³-hybridized carbons (Fsp3) is 0.898. The molecule has 0 aliphatic heterocycles. The van der Waals surface area contributed by atoms with Crippen molar-refractivity contribution in [1.29, 1.82) is 0 Å². The second-order valence-corrected chi connectivity index (χ2v) is 19.1. The zero-order valence-corrected chi connectivity index (χ0v) is 40.1. The number of hydrogen-bond donors (Lipinski definition) is 6. The minimum atomic E-state index is -5.02. The highest BCUT2D eigenvalue weighted by Crippen LogP contribution is 2.47. The summed E-state index contributed by atoms with van der Waals surface area (Å²) in [5, 5.41) is 50.2. The summed E-state index contributed by atoms with van der Waals surface area (Å²) in [6.07, 6.45) is 34.0. The van der Waals surface area contributed by atoms with Crippen LogP contribution in [0.5, 0.6) is 0 Å². The average molecular weight is 905 g/mol. The molecule has 13 heteroatoms. The van der Waals surface area contributed by atoms with Crippen molar-refractivity contribution < 1.29 is 58.3 Å². The van der Waals surface area contributed by atoms with Gasteiger partial charge in [0.1, 0.15) is 42.7 Å². The highest BCUT2D eigenvalue weighted by atomic mass is 31.2. The molecule has 0 bridgehead atoms. The molecule has 6 atom stereocenters. The highest BCUT2D eigenvalue weighted by molar-refractivity contribution is 7.47. The van der Waals surface area contributed by atoms with E-state index in [9.17, 15) is 39.8 Å². The molecule has 1 aliphatic carbocycles. The first-order valence-electron chi connectivity index (χ1n) is 25.2. The standard InChI is InChI=1S/C49H93O12P/c1-3-5-7-9-11-13-15-17-18-19-20-21-22-23-24-25-27-29-31-33-35-37-39-58-40-42(41-59-62(56,57)61-49-47(54)45(52)44(51)46(53)48(49)55)60-43(50)38-36-34-32-30-28-26-16-14-12-10-8-6-4-2/h8,10,14,16,42,44-49,51-55H,3-7,9,11-13,15,17-41H2,1-2H3,(H,56,57)/b10-8-,16-14-.